The van der Waals surface area contributed by atoms with Gasteiger partial charge in [-0.05, 0) is 27.4 Å². The number of nitrogens with zero attached hydrogens (tertiary/aromatic N) is 1. The quantitative estimate of drug-likeness (QED) is 0.557. The highest BCUT2D eigenvalue weighted by molar-refractivity contribution is 5.81. The topological polar surface area (TPSA) is 78.6 Å². The van der Waals surface area contributed by atoms with Crippen molar-refractivity contribution in [2.75, 3.05) is 27.2 Å². The standard InChI is InChI=1S/C12H23N3O2/c1-12(17,8-15(2)3)7-14-11(16)9-4-5-10(13)6-9/h4-5,9-10,17H,6-8,13H2,1-3H3,(H,14,16). The van der Waals surface area contributed by atoms with Gasteiger partial charge in [-0.2, -0.15) is 0 Å². The fourth-order valence-electron chi connectivity index (χ4n) is 2.07. The number of nitrogens with two attached hydrogens (primary N) is 1. The second-order valence-corrected chi connectivity index (χ2v) is 5.34. The Balaban J connectivity index is 2.35. The number of carbonyl (C=O) groups is 1. The first-order valence-corrected chi connectivity index (χ1v) is 5.89. The smallest absolute Gasteiger partial charge is 0.227 e. The van der Waals surface area contributed by atoms with Gasteiger partial charge in [-0.3, -0.25) is 4.79 Å². The van der Waals surface area contributed by atoms with Crippen LogP contribution < -0.4 is 11.1 Å². The second kappa shape index (κ2) is 5.62. The molecule has 0 spiro atoms. The molecule has 1 rings (SSSR count). The minimum Gasteiger partial charge on any atom is -0.387 e. The summed E-state index contributed by atoms with van der Waals surface area (Å²) in [5.74, 6) is -0.214. The van der Waals surface area contributed by atoms with E-state index in [0.29, 0.717) is 13.0 Å². The summed E-state index contributed by atoms with van der Waals surface area (Å²) >= 11 is 0. The lowest BCUT2D eigenvalue weighted by molar-refractivity contribution is -0.124. The third kappa shape index (κ3) is 4.85. The van der Waals surface area contributed by atoms with E-state index < -0.39 is 5.60 Å². The van der Waals surface area contributed by atoms with Gasteiger partial charge in [0.2, 0.25) is 5.91 Å². The first-order chi connectivity index (χ1) is 7.80. The summed E-state index contributed by atoms with van der Waals surface area (Å²) in [6.07, 6.45) is 4.34. The van der Waals surface area contributed by atoms with Crippen LogP contribution in [0.15, 0.2) is 12.2 Å². The molecular formula is C12H23N3O2. The minimum atomic E-state index is -0.913. The summed E-state index contributed by atoms with van der Waals surface area (Å²) in [5.41, 5.74) is 4.77. The van der Waals surface area contributed by atoms with Crippen molar-refractivity contribution >= 4 is 5.91 Å². The van der Waals surface area contributed by atoms with Crippen molar-refractivity contribution in [3.8, 4) is 0 Å². The van der Waals surface area contributed by atoms with Crippen LogP contribution in [-0.4, -0.2) is 54.7 Å². The van der Waals surface area contributed by atoms with Crippen LogP contribution >= 0.6 is 0 Å². The number of hydrogen-bond donors (Lipinski definition) is 3. The van der Waals surface area contributed by atoms with E-state index in [1.807, 2.05) is 31.1 Å². The van der Waals surface area contributed by atoms with Crippen molar-refractivity contribution in [2.45, 2.75) is 25.0 Å². The maximum atomic E-state index is 11.8. The van der Waals surface area contributed by atoms with Gasteiger partial charge in [0.05, 0.1) is 11.5 Å². The van der Waals surface area contributed by atoms with Crippen molar-refractivity contribution in [3.05, 3.63) is 12.2 Å². The van der Waals surface area contributed by atoms with Crippen molar-refractivity contribution in [3.63, 3.8) is 0 Å². The highest BCUT2D eigenvalue weighted by Crippen LogP contribution is 2.16. The molecule has 0 saturated heterocycles. The van der Waals surface area contributed by atoms with E-state index in [2.05, 4.69) is 5.32 Å². The zero-order valence-electron chi connectivity index (χ0n) is 10.8. The summed E-state index contributed by atoms with van der Waals surface area (Å²) in [5, 5.41) is 12.8. The lowest BCUT2D eigenvalue weighted by Crippen LogP contribution is -2.48. The highest BCUT2D eigenvalue weighted by atomic mass is 16.3. The Morgan fingerprint density at radius 1 is 1.59 bits per heavy atom. The fourth-order valence-corrected chi connectivity index (χ4v) is 2.07. The molecule has 4 N–H and O–H groups in total. The number of hydrogen-bond acceptors (Lipinski definition) is 4. The number of nitrogens with one attached hydrogen (secondary N) is 1. The van der Waals surface area contributed by atoms with E-state index in [9.17, 15) is 9.90 Å². The van der Waals surface area contributed by atoms with Gasteiger partial charge in [0.25, 0.3) is 0 Å². The van der Waals surface area contributed by atoms with Crippen molar-refractivity contribution in [2.24, 2.45) is 11.7 Å². The Kier molecular flexibility index (Phi) is 4.68. The Morgan fingerprint density at radius 3 is 2.71 bits per heavy atom. The molecule has 5 heteroatoms. The fraction of sp³-hybridized carbons (Fsp3) is 0.750. The summed E-state index contributed by atoms with van der Waals surface area (Å²) < 4.78 is 0. The first-order valence-electron chi connectivity index (χ1n) is 5.89. The van der Waals surface area contributed by atoms with E-state index in [4.69, 9.17) is 5.73 Å². The Morgan fingerprint density at radius 2 is 2.24 bits per heavy atom. The maximum absolute atomic E-state index is 11.8. The Labute approximate surface area is 103 Å². The van der Waals surface area contributed by atoms with Gasteiger partial charge in [0, 0.05) is 19.1 Å². The highest BCUT2D eigenvalue weighted by Gasteiger charge is 2.26. The maximum Gasteiger partial charge on any atom is 0.227 e. The largest absolute Gasteiger partial charge is 0.387 e. The molecule has 0 aromatic rings. The number of amides is 1. The van der Waals surface area contributed by atoms with Crippen LogP contribution in [0.4, 0.5) is 0 Å². The summed E-state index contributed by atoms with van der Waals surface area (Å²) in [7, 11) is 3.77. The number of rotatable bonds is 5. The van der Waals surface area contributed by atoms with Crippen molar-refractivity contribution in [1.82, 2.24) is 10.2 Å². The molecule has 0 radical (unpaired) electrons. The van der Waals surface area contributed by atoms with Gasteiger partial charge >= 0.3 is 0 Å². The molecular weight excluding hydrogens is 218 g/mol. The lowest BCUT2D eigenvalue weighted by Gasteiger charge is -2.27. The van der Waals surface area contributed by atoms with Gasteiger partial charge in [0.1, 0.15) is 0 Å². The van der Waals surface area contributed by atoms with E-state index in [1.54, 1.807) is 6.92 Å². The minimum absolute atomic E-state index is 0.0203. The third-order valence-electron chi connectivity index (χ3n) is 2.75. The van der Waals surface area contributed by atoms with Crippen LogP contribution in [0.3, 0.4) is 0 Å². The van der Waals surface area contributed by atoms with Crippen LogP contribution in [0.1, 0.15) is 13.3 Å². The first kappa shape index (κ1) is 14.2. The van der Waals surface area contributed by atoms with E-state index in [1.165, 1.54) is 0 Å². The molecule has 1 amide bonds. The summed E-state index contributed by atoms with van der Waals surface area (Å²) in [6.45, 7) is 2.47. The monoisotopic (exact) mass is 241 g/mol. The zero-order chi connectivity index (χ0) is 13.1. The third-order valence-corrected chi connectivity index (χ3v) is 2.75. The average Bonchev–Trinajstić information content (AvgIpc) is 2.59. The Hall–Kier alpha value is -0.910. The normalized spacial score (nSPS) is 27.2. The van der Waals surface area contributed by atoms with E-state index in [0.717, 1.165) is 0 Å². The second-order valence-electron chi connectivity index (χ2n) is 5.34. The molecule has 0 aromatic carbocycles. The molecule has 98 valence electrons. The van der Waals surface area contributed by atoms with E-state index >= 15 is 0 Å². The number of aliphatic hydroxyl groups is 1. The van der Waals surface area contributed by atoms with Gasteiger partial charge < -0.3 is 21.1 Å². The van der Waals surface area contributed by atoms with Crippen LogP contribution in [0, 0.1) is 5.92 Å². The zero-order valence-corrected chi connectivity index (χ0v) is 10.8. The molecule has 0 bridgehead atoms. The molecule has 0 fully saturated rings. The summed E-state index contributed by atoms with van der Waals surface area (Å²) in [6, 6.07) is -0.0203. The molecule has 1 aliphatic carbocycles. The van der Waals surface area contributed by atoms with Crippen LogP contribution in [0.2, 0.25) is 0 Å². The molecule has 3 atom stereocenters. The molecule has 1 aliphatic rings. The van der Waals surface area contributed by atoms with Crippen LogP contribution in [0.5, 0.6) is 0 Å². The number of carbonyl (C=O) groups excluding carboxylic acids is 1. The average molecular weight is 241 g/mol. The molecule has 3 unspecified atom stereocenters. The molecule has 17 heavy (non-hydrogen) atoms. The van der Waals surface area contributed by atoms with Crippen LogP contribution in [0.25, 0.3) is 0 Å². The van der Waals surface area contributed by atoms with Crippen molar-refractivity contribution in [1.29, 1.82) is 0 Å². The molecule has 0 saturated carbocycles. The predicted octanol–water partition coefficient (Wildman–Crippen LogP) is -0.681. The number of likely N-dealkylation sites (N-methyl/N-ethyl adjacent to an activating group) is 1. The van der Waals surface area contributed by atoms with Gasteiger partial charge in [-0.1, -0.05) is 12.2 Å². The molecule has 0 aliphatic heterocycles. The lowest BCUT2D eigenvalue weighted by atomic mass is 10.0. The van der Waals surface area contributed by atoms with Gasteiger partial charge in [-0.15, -0.1) is 0 Å². The van der Waals surface area contributed by atoms with Gasteiger partial charge in [-0.25, -0.2) is 0 Å². The van der Waals surface area contributed by atoms with Crippen LogP contribution in [-0.2, 0) is 4.79 Å². The Bertz CT molecular complexity index is 300. The molecule has 0 aromatic heterocycles. The van der Waals surface area contributed by atoms with Crippen molar-refractivity contribution < 1.29 is 9.90 Å². The summed E-state index contributed by atoms with van der Waals surface area (Å²) in [4.78, 5) is 13.7. The van der Waals surface area contributed by atoms with Gasteiger partial charge in [0.15, 0.2) is 0 Å². The SMILES string of the molecule is CN(C)CC(C)(O)CNC(=O)C1C=CC(N)C1. The predicted molar refractivity (Wildman–Crippen MR) is 67.4 cm³/mol. The molecule has 5 nitrogen and oxygen atoms in total. The van der Waals surface area contributed by atoms with E-state index in [-0.39, 0.29) is 24.4 Å². The molecule has 0 heterocycles.